The molecule has 0 aliphatic carbocycles. The summed E-state index contributed by atoms with van der Waals surface area (Å²) in [5.74, 6) is -0.336. The normalized spacial score (nSPS) is 10.7. The van der Waals surface area contributed by atoms with E-state index in [1.54, 1.807) is 52.1 Å². The van der Waals surface area contributed by atoms with Crippen molar-refractivity contribution < 1.29 is 19.2 Å². The van der Waals surface area contributed by atoms with Crippen LogP contribution in [0.2, 0.25) is 0 Å². The first-order chi connectivity index (χ1) is 9.70. The van der Waals surface area contributed by atoms with Crippen molar-refractivity contribution in [1.82, 2.24) is 5.06 Å². The van der Waals surface area contributed by atoms with Crippen molar-refractivity contribution in [2.75, 3.05) is 7.11 Å². The molecule has 0 saturated heterocycles. The molecule has 0 saturated carbocycles. The Bertz CT molecular complexity index is 546. The maximum atomic E-state index is 12.6. The number of carbonyl (C=O) groups excluding carboxylic acids is 2. The van der Waals surface area contributed by atoms with Crippen LogP contribution in [0.1, 0.15) is 38.1 Å². The molecule has 0 N–H and O–H groups in total. The van der Waals surface area contributed by atoms with Crippen molar-refractivity contribution in [3.05, 3.63) is 42.0 Å². The monoisotopic (exact) mass is 291 g/mol. The van der Waals surface area contributed by atoms with E-state index in [0.717, 1.165) is 5.06 Å². The number of amides is 1. The molecule has 0 unspecified atom stereocenters. The first kappa shape index (κ1) is 16.8. The topological polar surface area (TPSA) is 55.8 Å². The molecule has 114 valence electrons. The molecule has 21 heavy (non-hydrogen) atoms. The molecule has 0 spiro atoms. The first-order valence-electron chi connectivity index (χ1n) is 6.53. The summed E-state index contributed by atoms with van der Waals surface area (Å²) in [7, 11) is 1.55. The van der Waals surface area contributed by atoms with E-state index in [2.05, 4.69) is 6.58 Å². The van der Waals surface area contributed by atoms with Crippen LogP contribution in [-0.2, 0) is 9.63 Å². The van der Waals surface area contributed by atoms with Crippen LogP contribution in [0.15, 0.2) is 36.4 Å². The van der Waals surface area contributed by atoms with Crippen LogP contribution in [0.4, 0.5) is 0 Å². The Morgan fingerprint density at radius 1 is 1.14 bits per heavy atom. The van der Waals surface area contributed by atoms with Crippen molar-refractivity contribution >= 4 is 11.9 Å². The number of nitrogens with zero attached hydrogens (tertiary/aromatic N) is 1. The van der Waals surface area contributed by atoms with Crippen LogP contribution in [0, 0.1) is 0 Å². The quantitative estimate of drug-likeness (QED) is 0.632. The van der Waals surface area contributed by atoms with Crippen LogP contribution in [0.25, 0.3) is 0 Å². The molecule has 0 heterocycles. The predicted octanol–water partition coefficient (Wildman–Crippen LogP) is 2.97. The van der Waals surface area contributed by atoms with Gasteiger partial charge < -0.3 is 9.57 Å². The Hall–Kier alpha value is -2.30. The van der Waals surface area contributed by atoms with Crippen molar-refractivity contribution in [1.29, 1.82) is 0 Å². The van der Waals surface area contributed by atoms with E-state index >= 15 is 0 Å². The minimum atomic E-state index is -0.817. The molecule has 0 atom stereocenters. The lowest BCUT2D eigenvalue weighted by Crippen LogP contribution is -2.49. The number of ether oxygens (including phenoxy) is 1. The fourth-order valence-corrected chi connectivity index (χ4v) is 1.56. The summed E-state index contributed by atoms with van der Waals surface area (Å²) < 4.78 is 5.06. The van der Waals surface area contributed by atoms with Gasteiger partial charge in [-0.25, -0.2) is 0 Å². The van der Waals surface area contributed by atoms with Gasteiger partial charge in [-0.05, 0) is 45.0 Å². The van der Waals surface area contributed by atoms with Gasteiger partial charge in [0.15, 0.2) is 0 Å². The predicted molar refractivity (Wildman–Crippen MR) is 79.8 cm³/mol. The average molecular weight is 291 g/mol. The Labute approximate surface area is 125 Å². The number of carbonyl (C=O) groups is 2. The zero-order chi connectivity index (χ0) is 16.2. The molecule has 0 bridgehead atoms. The van der Waals surface area contributed by atoms with Gasteiger partial charge in [-0.1, -0.05) is 12.2 Å². The highest BCUT2D eigenvalue weighted by Gasteiger charge is 2.35. The van der Waals surface area contributed by atoms with E-state index in [9.17, 15) is 9.59 Å². The summed E-state index contributed by atoms with van der Waals surface area (Å²) in [5, 5.41) is 1.06. The second kappa shape index (κ2) is 6.43. The molecular formula is C16H21NO4. The van der Waals surface area contributed by atoms with Gasteiger partial charge in [0.1, 0.15) is 5.75 Å². The molecule has 1 amide bonds. The largest absolute Gasteiger partial charge is 0.497 e. The lowest BCUT2D eigenvalue weighted by Gasteiger charge is -2.36. The number of hydrogen-bond acceptors (Lipinski definition) is 4. The lowest BCUT2D eigenvalue weighted by molar-refractivity contribution is -0.189. The Kier molecular flexibility index (Phi) is 5.13. The van der Waals surface area contributed by atoms with Crippen molar-refractivity contribution in [2.24, 2.45) is 0 Å². The standard InChI is InChI=1S/C16H21NO4/c1-11(2)16(4,5)17(21-12(3)18)15(19)13-7-9-14(20-6)10-8-13/h7-10H,1H2,2-6H3. The summed E-state index contributed by atoms with van der Waals surface area (Å²) >= 11 is 0. The zero-order valence-corrected chi connectivity index (χ0v) is 13.1. The van der Waals surface area contributed by atoms with Crippen LogP contribution >= 0.6 is 0 Å². The van der Waals surface area contributed by atoms with Crippen LogP contribution in [0.3, 0.4) is 0 Å². The SMILES string of the molecule is C=C(C)C(C)(C)N(OC(C)=O)C(=O)c1ccc(OC)cc1. The van der Waals surface area contributed by atoms with E-state index in [-0.39, 0.29) is 0 Å². The molecule has 0 aromatic heterocycles. The minimum Gasteiger partial charge on any atom is -0.497 e. The number of hydrogen-bond donors (Lipinski definition) is 0. The van der Waals surface area contributed by atoms with Crippen molar-refractivity contribution in [3.63, 3.8) is 0 Å². The molecule has 5 nitrogen and oxygen atoms in total. The van der Waals surface area contributed by atoms with E-state index in [1.165, 1.54) is 6.92 Å². The molecular weight excluding hydrogens is 270 g/mol. The molecule has 0 fully saturated rings. The molecule has 0 aliphatic rings. The number of hydroxylamine groups is 2. The van der Waals surface area contributed by atoms with Crippen LogP contribution < -0.4 is 4.74 Å². The average Bonchev–Trinajstić information content (AvgIpc) is 2.43. The Balaban J connectivity index is 3.15. The van der Waals surface area contributed by atoms with Gasteiger partial charge in [0.05, 0.1) is 12.6 Å². The van der Waals surface area contributed by atoms with Gasteiger partial charge in [-0.15, -0.1) is 0 Å². The van der Waals surface area contributed by atoms with Crippen molar-refractivity contribution in [3.8, 4) is 5.75 Å². The van der Waals surface area contributed by atoms with E-state index in [0.29, 0.717) is 16.9 Å². The van der Waals surface area contributed by atoms with E-state index in [1.807, 2.05) is 0 Å². The fourth-order valence-electron chi connectivity index (χ4n) is 1.56. The highest BCUT2D eigenvalue weighted by atomic mass is 16.7. The summed E-state index contributed by atoms with van der Waals surface area (Å²) in [6, 6.07) is 6.58. The molecule has 1 aromatic rings. The molecule has 0 aliphatic heterocycles. The highest BCUT2D eigenvalue weighted by molar-refractivity contribution is 5.95. The third-order valence-electron chi connectivity index (χ3n) is 3.29. The van der Waals surface area contributed by atoms with Gasteiger partial charge in [-0.2, -0.15) is 5.06 Å². The smallest absolute Gasteiger partial charge is 0.329 e. The van der Waals surface area contributed by atoms with Gasteiger partial charge in [0.25, 0.3) is 5.91 Å². The lowest BCUT2D eigenvalue weighted by atomic mass is 9.95. The van der Waals surface area contributed by atoms with E-state index < -0.39 is 17.4 Å². The summed E-state index contributed by atoms with van der Waals surface area (Å²) in [5.41, 5.74) is 0.278. The van der Waals surface area contributed by atoms with Gasteiger partial charge in [-0.3, -0.25) is 9.59 Å². The first-order valence-corrected chi connectivity index (χ1v) is 6.53. The van der Waals surface area contributed by atoms with Crippen LogP contribution in [0.5, 0.6) is 5.75 Å². The van der Waals surface area contributed by atoms with Gasteiger partial charge >= 0.3 is 5.97 Å². The second-order valence-corrected chi connectivity index (χ2v) is 5.25. The van der Waals surface area contributed by atoms with Crippen LogP contribution in [-0.4, -0.2) is 29.6 Å². The van der Waals surface area contributed by atoms with Crippen molar-refractivity contribution in [2.45, 2.75) is 33.2 Å². The summed E-state index contributed by atoms with van der Waals surface area (Å²) in [4.78, 5) is 29.0. The second-order valence-electron chi connectivity index (χ2n) is 5.25. The number of rotatable bonds is 4. The number of benzene rings is 1. The van der Waals surface area contributed by atoms with Gasteiger partial charge in [0.2, 0.25) is 0 Å². The summed E-state index contributed by atoms with van der Waals surface area (Å²) in [6.45, 7) is 10.4. The molecule has 1 aromatic carbocycles. The maximum Gasteiger partial charge on any atom is 0.329 e. The fraction of sp³-hybridized carbons (Fsp3) is 0.375. The van der Waals surface area contributed by atoms with Gasteiger partial charge in [0, 0.05) is 12.5 Å². The maximum absolute atomic E-state index is 12.6. The minimum absolute atomic E-state index is 0.395. The Morgan fingerprint density at radius 3 is 2.05 bits per heavy atom. The molecule has 5 heteroatoms. The molecule has 1 rings (SSSR count). The third-order valence-corrected chi connectivity index (χ3v) is 3.29. The molecule has 0 radical (unpaired) electrons. The highest BCUT2D eigenvalue weighted by Crippen LogP contribution is 2.25. The summed E-state index contributed by atoms with van der Waals surface area (Å²) in [6.07, 6.45) is 0. The Morgan fingerprint density at radius 2 is 1.67 bits per heavy atom. The zero-order valence-electron chi connectivity index (χ0n) is 13.1. The van der Waals surface area contributed by atoms with E-state index in [4.69, 9.17) is 9.57 Å². The third kappa shape index (κ3) is 3.84. The number of methoxy groups -OCH3 is 1.